The molecular weight excluding hydrogens is 332 g/mol. The third-order valence-electron chi connectivity index (χ3n) is 4.13. The molecule has 122 valence electrons. The molecule has 1 aliphatic heterocycles. The second kappa shape index (κ2) is 7.32. The second-order valence-electron chi connectivity index (χ2n) is 5.64. The molecule has 1 fully saturated rings. The average Bonchev–Trinajstić information content (AvgIpc) is 2.97. The summed E-state index contributed by atoms with van der Waals surface area (Å²) in [6, 6.07) is 10.9. The van der Waals surface area contributed by atoms with Crippen LogP contribution < -0.4 is 4.90 Å². The Bertz CT molecular complexity index is 674. The number of piperidine rings is 1. The van der Waals surface area contributed by atoms with Crippen molar-refractivity contribution in [2.45, 2.75) is 31.7 Å². The minimum atomic E-state index is -0.421. The fourth-order valence-corrected chi connectivity index (χ4v) is 4.28. The zero-order chi connectivity index (χ0) is 16.2. The van der Waals surface area contributed by atoms with Gasteiger partial charge in [-0.15, -0.1) is 0 Å². The Morgan fingerprint density at radius 1 is 1.39 bits per heavy atom. The molecule has 3 rings (SSSR count). The van der Waals surface area contributed by atoms with Crippen molar-refractivity contribution in [3.05, 3.63) is 45.9 Å². The number of halogens is 1. The summed E-state index contributed by atoms with van der Waals surface area (Å²) in [5, 5.41) is 1.05. The number of aromatic nitrogens is 1. The van der Waals surface area contributed by atoms with E-state index in [0.717, 1.165) is 30.9 Å². The Morgan fingerprint density at radius 2 is 2.17 bits per heavy atom. The minimum absolute atomic E-state index is 0.237. The van der Waals surface area contributed by atoms with E-state index in [2.05, 4.69) is 34.1 Å². The highest BCUT2D eigenvalue weighted by Crippen LogP contribution is 2.34. The Kier molecular flexibility index (Phi) is 5.18. The van der Waals surface area contributed by atoms with Crippen LogP contribution in [0, 0.1) is 0 Å². The molecule has 0 N–H and O–H groups in total. The van der Waals surface area contributed by atoms with Gasteiger partial charge in [0.15, 0.2) is 15.2 Å². The van der Waals surface area contributed by atoms with Gasteiger partial charge in [-0.3, -0.25) is 0 Å². The maximum atomic E-state index is 11.7. The fraction of sp³-hybridized carbons (Fsp3) is 0.412. The number of rotatable bonds is 4. The number of thiazole rings is 1. The topological polar surface area (TPSA) is 42.4 Å². The van der Waals surface area contributed by atoms with Crippen molar-refractivity contribution < 1.29 is 9.53 Å². The molecule has 1 aliphatic rings. The van der Waals surface area contributed by atoms with Gasteiger partial charge in [0.1, 0.15) is 0 Å². The molecule has 23 heavy (non-hydrogen) atoms. The number of nitrogens with zero attached hydrogens (tertiary/aromatic N) is 2. The summed E-state index contributed by atoms with van der Waals surface area (Å²) in [7, 11) is 1.36. The average molecular weight is 351 g/mol. The standard InChI is InChI=1S/C17H19ClN2O2S/c1-22-16(21)14-15(18)19-17(23-14)20-10-6-5-9-13(20)11-12-7-3-2-4-8-12/h2-4,7-8,13H,5-6,9-11H2,1H3. The van der Waals surface area contributed by atoms with Crippen LogP contribution >= 0.6 is 22.9 Å². The van der Waals surface area contributed by atoms with E-state index in [-0.39, 0.29) is 5.15 Å². The van der Waals surface area contributed by atoms with Gasteiger partial charge < -0.3 is 9.64 Å². The van der Waals surface area contributed by atoms with Crippen molar-refractivity contribution in [2.24, 2.45) is 0 Å². The normalized spacial score (nSPS) is 18.0. The fourth-order valence-electron chi connectivity index (χ4n) is 2.98. The molecule has 2 heterocycles. The van der Waals surface area contributed by atoms with Gasteiger partial charge in [0.25, 0.3) is 0 Å². The van der Waals surface area contributed by atoms with Gasteiger partial charge in [-0.1, -0.05) is 53.3 Å². The van der Waals surface area contributed by atoms with Crippen molar-refractivity contribution in [3.8, 4) is 0 Å². The van der Waals surface area contributed by atoms with Crippen LogP contribution in [-0.2, 0) is 11.2 Å². The van der Waals surface area contributed by atoms with Gasteiger partial charge in [-0.05, 0) is 31.2 Å². The van der Waals surface area contributed by atoms with E-state index in [9.17, 15) is 4.79 Å². The zero-order valence-electron chi connectivity index (χ0n) is 13.0. The van der Waals surface area contributed by atoms with E-state index in [1.54, 1.807) is 0 Å². The number of hydrogen-bond acceptors (Lipinski definition) is 5. The lowest BCUT2D eigenvalue weighted by atomic mass is 9.96. The molecule has 6 heteroatoms. The zero-order valence-corrected chi connectivity index (χ0v) is 14.6. The molecule has 0 spiro atoms. The summed E-state index contributed by atoms with van der Waals surface area (Å²) in [6.45, 7) is 0.946. The Balaban J connectivity index is 1.82. The van der Waals surface area contributed by atoms with Crippen molar-refractivity contribution >= 4 is 34.0 Å². The molecule has 0 amide bonds. The van der Waals surface area contributed by atoms with Crippen LogP contribution in [0.1, 0.15) is 34.5 Å². The summed E-state index contributed by atoms with van der Waals surface area (Å²) < 4.78 is 4.77. The molecule has 0 saturated carbocycles. The van der Waals surface area contributed by atoms with Crippen LogP contribution in [0.2, 0.25) is 5.15 Å². The predicted molar refractivity (Wildman–Crippen MR) is 93.6 cm³/mol. The first-order valence-corrected chi connectivity index (χ1v) is 8.93. The molecule has 1 aromatic heterocycles. The van der Waals surface area contributed by atoms with E-state index in [1.165, 1.54) is 30.4 Å². The highest BCUT2D eigenvalue weighted by atomic mass is 35.5. The first-order chi connectivity index (χ1) is 11.2. The quantitative estimate of drug-likeness (QED) is 0.775. The summed E-state index contributed by atoms with van der Waals surface area (Å²) >= 11 is 7.44. The molecular formula is C17H19ClN2O2S. The van der Waals surface area contributed by atoms with Crippen molar-refractivity contribution in [3.63, 3.8) is 0 Å². The van der Waals surface area contributed by atoms with Gasteiger partial charge in [0.05, 0.1) is 7.11 Å². The van der Waals surface area contributed by atoms with Gasteiger partial charge in [0, 0.05) is 12.6 Å². The van der Waals surface area contributed by atoms with E-state index in [0.29, 0.717) is 10.9 Å². The van der Waals surface area contributed by atoms with Crippen LogP contribution in [0.5, 0.6) is 0 Å². The van der Waals surface area contributed by atoms with Crippen LogP contribution in [0.15, 0.2) is 30.3 Å². The summed E-state index contributed by atoms with van der Waals surface area (Å²) in [5.41, 5.74) is 1.32. The smallest absolute Gasteiger partial charge is 0.351 e. The van der Waals surface area contributed by atoms with Crippen molar-refractivity contribution in [1.29, 1.82) is 0 Å². The number of carbonyl (C=O) groups excluding carboxylic acids is 1. The Labute approximate surface area is 145 Å². The number of esters is 1. The van der Waals surface area contributed by atoms with E-state index in [1.807, 2.05) is 6.07 Å². The SMILES string of the molecule is COC(=O)c1sc(N2CCCCC2Cc2ccccc2)nc1Cl. The van der Waals surface area contributed by atoms with Crippen LogP contribution in [-0.4, -0.2) is 30.6 Å². The minimum Gasteiger partial charge on any atom is -0.465 e. The highest BCUT2D eigenvalue weighted by molar-refractivity contribution is 7.18. The summed E-state index contributed by atoms with van der Waals surface area (Å²) in [5.74, 6) is -0.421. The number of hydrogen-bond donors (Lipinski definition) is 0. The van der Waals surface area contributed by atoms with E-state index in [4.69, 9.17) is 16.3 Å². The van der Waals surface area contributed by atoms with E-state index >= 15 is 0 Å². The third kappa shape index (κ3) is 3.67. The lowest BCUT2D eigenvalue weighted by Crippen LogP contribution is -2.40. The van der Waals surface area contributed by atoms with Gasteiger partial charge in [-0.25, -0.2) is 9.78 Å². The Morgan fingerprint density at radius 3 is 2.91 bits per heavy atom. The first-order valence-electron chi connectivity index (χ1n) is 7.74. The monoisotopic (exact) mass is 350 g/mol. The molecule has 1 aromatic carbocycles. The molecule has 4 nitrogen and oxygen atoms in total. The molecule has 0 aliphatic carbocycles. The summed E-state index contributed by atoms with van der Waals surface area (Å²) in [4.78, 5) is 18.8. The third-order valence-corrected chi connectivity index (χ3v) is 5.59. The first kappa shape index (κ1) is 16.3. The molecule has 0 radical (unpaired) electrons. The van der Waals surface area contributed by atoms with Gasteiger partial charge in [0.2, 0.25) is 0 Å². The maximum Gasteiger partial charge on any atom is 0.351 e. The van der Waals surface area contributed by atoms with Gasteiger partial charge >= 0.3 is 5.97 Å². The molecule has 2 aromatic rings. The lowest BCUT2D eigenvalue weighted by molar-refractivity contribution is 0.0606. The molecule has 1 saturated heterocycles. The Hall–Kier alpha value is -1.59. The number of ether oxygens (including phenoxy) is 1. The predicted octanol–water partition coefficient (Wildman–Crippen LogP) is 4.18. The molecule has 0 bridgehead atoms. The van der Waals surface area contributed by atoms with Gasteiger partial charge in [-0.2, -0.15) is 0 Å². The largest absolute Gasteiger partial charge is 0.465 e. The maximum absolute atomic E-state index is 11.7. The van der Waals surface area contributed by atoms with E-state index < -0.39 is 5.97 Å². The number of carbonyl (C=O) groups is 1. The number of benzene rings is 1. The van der Waals surface area contributed by atoms with Crippen molar-refractivity contribution in [2.75, 3.05) is 18.6 Å². The number of methoxy groups -OCH3 is 1. The molecule has 1 unspecified atom stereocenters. The highest BCUT2D eigenvalue weighted by Gasteiger charge is 2.27. The van der Waals surface area contributed by atoms with Crippen LogP contribution in [0.3, 0.4) is 0 Å². The van der Waals surface area contributed by atoms with Crippen molar-refractivity contribution in [1.82, 2.24) is 4.98 Å². The summed E-state index contributed by atoms with van der Waals surface area (Å²) in [6.07, 6.45) is 4.46. The molecule has 1 atom stereocenters. The van der Waals surface area contributed by atoms with Crippen LogP contribution in [0.4, 0.5) is 5.13 Å². The lowest BCUT2D eigenvalue weighted by Gasteiger charge is -2.35. The second-order valence-corrected chi connectivity index (χ2v) is 6.98. The van der Waals surface area contributed by atoms with Crippen LogP contribution in [0.25, 0.3) is 0 Å². The number of anilines is 1.